The van der Waals surface area contributed by atoms with Gasteiger partial charge in [-0.3, -0.25) is 9.69 Å². The van der Waals surface area contributed by atoms with E-state index in [9.17, 15) is 9.59 Å². The quantitative estimate of drug-likeness (QED) is 0.402. The van der Waals surface area contributed by atoms with E-state index in [1.54, 1.807) is 23.1 Å². The van der Waals surface area contributed by atoms with E-state index in [2.05, 4.69) is 39.8 Å². The van der Waals surface area contributed by atoms with Gasteiger partial charge in [-0.05, 0) is 37.2 Å². The zero-order valence-corrected chi connectivity index (χ0v) is 24.8. The van der Waals surface area contributed by atoms with E-state index in [0.717, 1.165) is 48.7 Å². The Hall–Kier alpha value is -4.64. The van der Waals surface area contributed by atoms with Crippen molar-refractivity contribution in [3.63, 3.8) is 0 Å². The number of ether oxygens (including phenoxy) is 1. The van der Waals surface area contributed by atoms with Gasteiger partial charge < -0.3 is 29.7 Å². The van der Waals surface area contributed by atoms with Crippen LogP contribution in [0.4, 0.5) is 27.9 Å². The summed E-state index contributed by atoms with van der Waals surface area (Å²) in [7, 11) is 3.79. The fraction of sp³-hybridized carbons (Fsp3) is 0.375. The van der Waals surface area contributed by atoms with Crippen molar-refractivity contribution < 1.29 is 14.3 Å². The molecule has 2 fully saturated rings. The molecule has 0 saturated carbocycles. The number of anilines is 4. The van der Waals surface area contributed by atoms with Gasteiger partial charge in [0.05, 0.1) is 25.4 Å². The molecular weight excluding hydrogens is 544 g/mol. The Morgan fingerprint density at radius 1 is 1.12 bits per heavy atom. The van der Waals surface area contributed by atoms with Crippen LogP contribution in [0.25, 0.3) is 0 Å². The van der Waals surface area contributed by atoms with Gasteiger partial charge in [0.15, 0.2) is 0 Å². The zero-order chi connectivity index (χ0) is 29.9. The number of rotatable bonds is 8. The standard InChI is InChI=1S/C32H38N8O3/c1-4-29(41)38-13-12-26(22-38)40-30-24(21-39(32(40)42)20-23-8-6-5-7-9-23)19-33-31(35-30)34-27-11-10-25(18-28(27)43-3)37-16-14-36(2)15-17-37/h4-11,18-19,26H,1,12-17,20-22H2,2-3H3,(H,33,34,35)/t26-/m1/s1. The third kappa shape index (κ3) is 5.98. The number of nitrogens with one attached hydrogen (secondary N) is 1. The lowest BCUT2D eigenvalue weighted by Crippen LogP contribution is -2.52. The van der Waals surface area contributed by atoms with Gasteiger partial charge in [0.1, 0.15) is 11.6 Å². The summed E-state index contributed by atoms with van der Waals surface area (Å²) in [6.07, 6.45) is 3.76. The van der Waals surface area contributed by atoms with Crippen LogP contribution >= 0.6 is 0 Å². The Bertz CT molecular complexity index is 1490. The summed E-state index contributed by atoms with van der Waals surface area (Å²) in [6, 6.07) is 15.7. The fourth-order valence-corrected chi connectivity index (χ4v) is 6.00. The van der Waals surface area contributed by atoms with Crippen molar-refractivity contribution in [2.24, 2.45) is 0 Å². The number of fused-ring (bicyclic) bond motifs is 1. The lowest BCUT2D eigenvalue weighted by molar-refractivity contribution is -0.125. The normalized spacial score (nSPS) is 18.9. The smallest absolute Gasteiger partial charge is 0.326 e. The summed E-state index contributed by atoms with van der Waals surface area (Å²) in [5.74, 6) is 1.49. The summed E-state index contributed by atoms with van der Waals surface area (Å²) in [6.45, 7) is 9.42. The van der Waals surface area contributed by atoms with Crippen LogP contribution in [0, 0.1) is 0 Å². The number of carbonyl (C=O) groups excluding carboxylic acids is 2. The zero-order valence-electron chi connectivity index (χ0n) is 24.8. The molecule has 11 heteroatoms. The first-order valence-electron chi connectivity index (χ1n) is 14.7. The van der Waals surface area contributed by atoms with Crippen LogP contribution in [-0.4, -0.2) is 96.1 Å². The molecule has 43 heavy (non-hydrogen) atoms. The number of carbonyl (C=O) groups is 2. The lowest BCUT2D eigenvalue weighted by Gasteiger charge is -2.39. The number of urea groups is 1. The summed E-state index contributed by atoms with van der Waals surface area (Å²) in [5.41, 5.74) is 3.74. The van der Waals surface area contributed by atoms with Crippen LogP contribution in [0.15, 0.2) is 67.4 Å². The number of methoxy groups -OCH3 is 1. The van der Waals surface area contributed by atoms with Crippen LogP contribution in [-0.2, 0) is 17.9 Å². The van der Waals surface area contributed by atoms with Crippen molar-refractivity contribution in [1.29, 1.82) is 0 Å². The predicted molar refractivity (Wildman–Crippen MR) is 167 cm³/mol. The highest BCUT2D eigenvalue weighted by molar-refractivity contribution is 5.95. The minimum Gasteiger partial charge on any atom is -0.494 e. The van der Waals surface area contributed by atoms with Crippen molar-refractivity contribution in [1.82, 2.24) is 24.7 Å². The van der Waals surface area contributed by atoms with Gasteiger partial charge in [-0.1, -0.05) is 36.9 Å². The Kier molecular flexibility index (Phi) is 8.15. The Balaban J connectivity index is 1.28. The van der Waals surface area contributed by atoms with E-state index in [1.165, 1.54) is 6.08 Å². The Morgan fingerprint density at radius 3 is 2.65 bits per heavy atom. The second-order valence-corrected chi connectivity index (χ2v) is 11.3. The minimum absolute atomic E-state index is 0.131. The predicted octanol–water partition coefficient (Wildman–Crippen LogP) is 3.71. The van der Waals surface area contributed by atoms with E-state index in [-0.39, 0.29) is 18.0 Å². The van der Waals surface area contributed by atoms with Crippen LogP contribution in [0.5, 0.6) is 5.75 Å². The SMILES string of the molecule is C=CC(=O)N1CC[C@@H](N2C(=O)N(Cc3ccccc3)Cc3cnc(Nc4ccc(N5CCN(C)CC5)cc4OC)nc32)C1. The molecule has 224 valence electrons. The third-order valence-electron chi connectivity index (χ3n) is 8.44. The van der Waals surface area contributed by atoms with Crippen molar-refractivity contribution in [3.8, 4) is 5.75 Å². The minimum atomic E-state index is -0.214. The topological polar surface area (TPSA) is 97.4 Å². The van der Waals surface area contributed by atoms with E-state index in [0.29, 0.717) is 50.1 Å². The summed E-state index contributed by atoms with van der Waals surface area (Å²) in [4.78, 5) is 45.9. The van der Waals surface area contributed by atoms with Gasteiger partial charge in [0.25, 0.3) is 0 Å². The Morgan fingerprint density at radius 2 is 1.91 bits per heavy atom. The fourth-order valence-electron chi connectivity index (χ4n) is 6.00. The highest BCUT2D eigenvalue weighted by Gasteiger charge is 2.40. The molecule has 3 aliphatic heterocycles. The highest BCUT2D eigenvalue weighted by Crippen LogP contribution is 2.35. The maximum Gasteiger partial charge on any atom is 0.326 e. The molecule has 0 unspecified atom stereocenters. The largest absolute Gasteiger partial charge is 0.494 e. The third-order valence-corrected chi connectivity index (χ3v) is 8.44. The molecule has 0 aliphatic carbocycles. The van der Waals surface area contributed by atoms with E-state index in [4.69, 9.17) is 9.72 Å². The first-order chi connectivity index (χ1) is 20.9. The van der Waals surface area contributed by atoms with Crippen LogP contribution < -0.4 is 19.9 Å². The van der Waals surface area contributed by atoms with Crippen molar-refractivity contribution in [2.75, 3.05) is 68.5 Å². The number of likely N-dealkylation sites (N-methyl/N-ethyl adjacent to an activating group) is 1. The van der Waals surface area contributed by atoms with Gasteiger partial charge in [0, 0.05) is 69.3 Å². The number of likely N-dealkylation sites (tertiary alicyclic amines) is 1. The molecule has 0 bridgehead atoms. The van der Waals surface area contributed by atoms with Crippen molar-refractivity contribution in [3.05, 3.63) is 78.5 Å². The van der Waals surface area contributed by atoms with Gasteiger partial charge in [-0.2, -0.15) is 4.98 Å². The maximum atomic E-state index is 14.0. The lowest BCUT2D eigenvalue weighted by atomic mass is 10.1. The van der Waals surface area contributed by atoms with Crippen LogP contribution in [0.3, 0.4) is 0 Å². The second-order valence-electron chi connectivity index (χ2n) is 11.3. The summed E-state index contributed by atoms with van der Waals surface area (Å²) >= 11 is 0. The van der Waals surface area contributed by atoms with Gasteiger partial charge in [0.2, 0.25) is 11.9 Å². The first kappa shape index (κ1) is 28.5. The highest BCUT2D eigenvalue weighted by atomic mass is 16.5. The molecule has 1 aromatic heterocycles. The number of hydrogen-bond acceptors (Lipinski definition) is 8. The number of hydrogen-bond donors (Lipinski definition) is 1. The molecule has 1 atom stereocenters. The van der Waals surface area contributed by atoms with E-state index < -0.39 is 0 Å². The van der Waals surface area contributed by atoms with E-state index >= 15 is 0 Å². The van der Waals surface area contributed by atoms with Crippen LogP contribution in [0.2, 0.25) is 0 Å². The molecule has 1 N–H and O–H groups in total. The number of benzene rings is 2. The second kappa shape index (κ2) is 12.3. The van der Waals surface area contributed by atoms with Gasteiger partial charge in [-0.25, -0.2) is 9.78 Å². The van der Waals surface area contributed by atoms with Crippen molar-refractivity contribution in [2.45, 2.75) is 25.6 Å². The molecule has 3 aliphatic rings. The molecule has 11 nitrogen and oxygen atoms in total. The molecule has 4 heterocycles. The molecule has 3 aromatic rings. The average molecular weight is 583 g/mol. The van der Waals surface area contributed by atoms with Gasteiger partial charge >= 0.3 is 6.03 Å². The average Bonchev–Trinajstić information content (AvgIpc) is 3.52. The first-order valence-corrected chi connectivity index (χ1v) is 14.7. The van der Waals surface area contributed by atoms with Crippen LogP contribution in [0.1, 0.15) is 17.5 Å². The number of amides is 3. The summed E-state index contributed by atoms with van der Waals surface area (Å²) < 4.78 is 5.75. The number of nitrogens with zero attached hydrogens (tertiary/aromatic N) is 7. The monoisotopic (exact) mass is 582 g/mol. The molecule has 0 radical (unpaired) electrons. The van der Waals surface area contributed by atoms with Crippen molar-refractivity contribution >= 4 is 35.1 Å². The number of aromatic nitrogens is 2. The Labute approximate surface area is 252 Å². The molecule has 0 spiro atoms. The van der Waals surface area contributed by atoms with E-state index in [1.807, 2.05) is 47.4 Å². The molecule has 2 aromatic carbocycles. The molecule has 6 rings (SSSR count). The molecule has 2 saturated heterocycles. The molecular formula is C32H38N8O3. The number of piperazine rings is 1. The molecule has 3 amide bonds. The van der Waals surface area contributed by atoms with Gasteiger partial charge in [-0.15, -0.1) is 0 Å². The summed E-state index contributed by atoms with van der Waals surface area (Å²) in [5, 5.41) is 3.32. The maximum absolute atomic E-state index is 14.0.